The van der Waals surface area contributed by atoms with Crippen LogP contribution in [0.4, 0.5) is 0 Å². The highest BCUT2D eigenvalue weighted by Gasteiger charge is 2.47. The number of piperidine rings is 1. The topological polar surface area (TPSA) is 81.4 Å². The minimum atomic E-state index is -0.644. The molecule has 0 saturated carbocycles. The number of hydrogen-bond acceptors (Lipinski definition) is 4. The molecule has 0 radical (unpaired) electrons. The molecular weight excluding hydrogens is 382 g/mol. The van der Waals surface area contributed by atoms with E-state index in [4.69, 9.17) is 4.74 Å². The molecule has 8 heteroatoms. The first-order chi connectivity index (χ1) is 14.5. The van der Waals surface area contributed by atoms with E-state index in [1.807, 2.05) is 57.7 Å². The van der Waals surface area contributed by atoms with Gasteiger partial charge in [-0.2, -0.15) is 0 Å². The highest BCUT2D eigenvalue weighted by atomic mass is 16.5. The smallest absolute Gasteiger partial charge is 0.256 e. The van der Waals surface area contributed by atoms with Crippen molar-refractivity contribution in [1.29, 1.82) is 0 Å². The molecule has 8 nitrogen and oxygen atoms in total. The Bertz CT molecular complexity index is 1120. The van der Waals surface area contributed by atoms with Gasteiger partial charge in [0.1, 0.15) is 11.4 Å². The summed E-state index contributed by atoms with van der Waals surface area (Å²) in [6.45, 7) is 1.56. The van der Waals surface area contributed by atoms with E-state index in [2.05, 4.69) is 10.3 Å². The zero-order valence-electron chi connectivity index (χ0n) is 17.2. The lowest BCUT2D eigenvalue weighted by molar-refractivity contribution is -0.171. The number of carbonyl (C=O) groups excluding carboxylic acids is 2. The van der Waals surface area contributed by atoms with E-state index in [9.17, 15) is 9.59 Å². The molecule has 2 aliphatic heterocycles. The summed E-state index contributed by atoms with van der Waals surface area (Å²) in [6, 6.07) is 7.94. The second kappa shape index (κ2) is 6.98. The average Bonchev–Trinajstić information content (AvgIpc) is 3.39. The molecule has 0 bridgehead atoms. The number of ether oxygens (including phenoxy) is 1. The lowest BCUT2D eigenvalue weighted by Crippen LogP contribution is -2.54. The maximum atomic E-state index is 13.3. The van der Waals surface area contributed by atoms with Gasteiger partial charge in [-0.3, -0.25) is 9.59 Å². The van der Waals surface area contributed by atoms with E-state index in [0.29, 0.717) is 32.5 Å². The summed E-state index contributed by atoms with van der Waals surface area (Å²) in [6.07, 6.45) is 6.20. The number of hydrogen-bond donors (Lipinski definition) is 1. The van der Waals surface area contributed by atoms with Crippen molar-refractivity contribution in [1.82, 2.24) is 24.3 Å². The summed E-state index contributed by atoms with van der Waals surface area (Å²) < 4.78 is 10.3. The first-order valence-electron chi connectivity index (χ1n) is 10.3. The fourth-order valence-electron chi connectivity index (χ4n) is 4.79. The first-order valence-corrected chi connectivity index (χ1v) is 10.3. The lowest BCUT2D eigenvalue weighted by Gasteiger charge is -2.45. The molecule has 1 N–H and O–H groups in total. The van der Waals surface area contributed by atoms with Crippen molar-refractivity contribution in [3.05, 3.63) is 54.2 Å². The number of rotatable bonds is 2. The van der Waals surface area contributed by atoms with Gasteiger partial charge in [-0.25, -0.2) is 4.98 Å². The van der Waals surface area contributed by atoms with Crippen molar-refractivity contribution in [2.24, 2.45) is 7.05 Å². The maximum Gasteiger partial charge on any atom is 0.256 e. The first kappa shape index (κ1) is 18.9. The molecule has 0 aliphatic carbocycles. The van der Waals surface area contributed by atoms with Crippen LogP contribution in [-0.4, -0.2) is 57.1 Å². The van der Waals surface area contributed by atoms with Crippen LogP contribution in [0.15, 0.2) is 42.9 Å². The van der Waals surface area contributed by atoms with Gasteiger partial charge in [0.2, 0.25) is 0 Å². The van der Waals surface area contributed by atoms with Gasteiger partial charge in [0.25, 0.3) is 11.8 Å². The summed E-state index contributed by atoms with van der Waals surface area (Å²) in [5.41, 5.74) is 1.12. The van der Waals surface area contributed by atoms with Crippen molar-refractivity contribution >= 4 is 22.7 Å². The van der Waals surface area contributed by atoms with Crippen molar-refractivity contribution in [3.63, 3.8) is 0 Å². The SMILES string of the molecule is CNC(=O)C1Cn2ccnc2C2(CCN(C(=O)c3cn(C)c4ccccc34)CC2)O1. The monoisotopic (exact) mass is 407 g/mol. The molecule has 30 heavy (non-hydrogen) atoms. The summed E-state index contributed by atoms with van der Waals surface area (Å²) in [5.74, 6) is 0.742. The summed E-state index contributed by atoms with van der Waals surface area (Å²) in [4.78, 5) is 32.0. The standard InChI is InChI=1S/C22H25N5O3/c1-23-19(28)18-14-27-12-9-24-21(27)22(30-18)7-10-26(11-8-22)20(29)16-13-25(2)17-6-4-3-5-15(16)17/h3-6,9,12-13,18H,7-8,10-11,14H2,1-2H3,(H,23,28). The predicted molar refractivity (Wildman–Crippen MR) is 111 cm³/mol. The number of nitrogens with one attached hydrogen (secondary N) is 1. The van der Waals surface area contributed by atoms with E-state index < -0.39 is 11.7 Å². The molecule has 4 heterocycles. The quantitative estimate of drug-likeness (QED) is 0.701. The molecule has 2 aromatic heterocycles. The molecule has 2 aliphatic rings. The molecule has 3 aromatic rings. The van der Waals surface area contributed by atoms with Gasteiger partial charge < -0.3 is 24.1 Å². The van der Waals surface area contributed by atoms with Crippen LogP contribution in [0.1, 0.15) is 29.0 Å². The number of carbonyl (C=O) groups is 2. The number of likely N-dealkylation sites (tertiary alicyclic amines) is 1. The van der Waals surface area contributed by atoms with E-state index in [-0.39, 0.29) is 11.8 Å². The Hall–Kier alpha value is -3.13. The Morgan fingerprint density at radius 2 is 2.00 bits per heavy atom. The Labute approximate surface area is 174 Å². The molecular formula is C22H25N5O3. The van der Waals surface area contributed by atoms with Crippen LogP contribution in [0.5, 0.6) is 0 Å². The number of fused-ring (bicyclic) bond motifs is 3. The maximum absolute atomic E-state index is 13.3. The fourth-order valence-corrected chi connectivity index (χ4v) is 4.79. The fraction of sp³-hybridized carbons (Fsp3) is 0.409. The average molecular weight is 407 g/mol. The van der Waals surface area contributed by atoms with Crippen molar-refractivity contribution < 1.29 is 14.3 Å². The van der Waals surface area contributed by atoms with Crippen LogP contribution in [0, 0.1) is 0 Å². The zero-order valence-corrected chi connectivity index (χ0v) is 17.2. The largest absolute Gasteiger partial charge is 0.357 e. The number of amides is 2. The second-order valence-corrected chi connectivity index (χ2v) is 8.08. The van der Waals surface area contributed by atoms with Gasteiger partial charge in [-0.05, 0) is 6.07 Å². The molecule has 1 aromatic carbocycles. The Morgan fingerprint density at radius 1 is 1.23 bits per heavy atom. The molecule has 1 unspecified atom stereocenters. The van der Waals surface area contributed by atoms with Gasteiger partial charge in [0, 0.05) is 69.5 Å². The third-order valence-electron chi connectivity index (χ3n) is 6.38. The van der Waals surface area contributed by atoms with Crippen molar-refractivity contribution in [2.45, 2.75) is 31.1 Å². The van der Waals surface area contributed by atoms with Crippen molar-refractivity contribution in [2.75, 3.05) is 20.1 Å². The molecule has 156 valence electrons. The summed E-state index contributed by atoms with van der Waals surface area (Å²) >= 11 is 0. The van der Waals surface area contributed by atoms with Gasteiger partial charge >= 0.3 is 0 Å². The summed E-state index contributed by atoms with van der Waals surface area (Å²) in [7, 11) is 3.58. The Morgan fingerprint density at radius 3 is 2.77 bits per heavy atom. The van der Waals surface area contributed by atoms with Gasteiger partial charge in [0.05, 0.1) is 12.1 Å². The number of para-hydroxylation sites is 1. The normalized spacial score (nSPS) is 20.3. The van der Waals surface area contributed by atoms with Crippen LogP contribution in [0.2, 0.25) is 0 Å². The molecule has 1 fully saturated rings. The van der Waals surface area contributed by atoms with Crippen LogP contribution in [0.3, 0.4) is 0 Å². The van der Waals surface area contributed by atoms with E-state index in [1.54, 1.807) is 13.2 Å². The molecule has 5 rings (SSSR count). The van der Waals surface area contributed by atoms with E-state index in [0.717, 1.165) is 22.3 Å². The number of nitrogens with zero attached hydrogens (tertiary/aromatic N) is 4. The molecule has 2 amide bonds. The minimum Gasteiger partial charge on any atom is -0.357 e. The number of aryl methyl sites for hydroxylation is 1. The van der Waals surface area contributed by atoms with E-state index >= 15 is 0 Å². The van der Waals surface area contributed by atoms with Crippen LogP contribution in [0.25, 0.3) is 10.9 Å². The number of aromatic nitrogens is 3. The summed E-state index contributed by atoms with van der Waals surface area (Å²) in [5, 5.41) is 3.65. The zero-order chi connectivity index (χ0) is 20.9. The third-order valence-corrected chi connectivity index (χ3v) is 6.38. The second-order valence-electron chi connectivity index (χ2n) is 8.08. The molecule has 1 spiro atoms. The van der Waals surface area contributed by atoms with Gasteiger partial charge in [-0.15, -0.1) is 0 Å². The molecule has 1 saturated heterocycles. The number of benzene rings is 1. The lowest BCUT2D eigenvalue weighted by atomic mass is 9.88. The van der Waals surface area contributed by atoms with Gasteiger partial charge in [-0.1, -0.05) is 18.2 Å². The van der Waals surface area contributed by atoms with E-state index in [1.165, 1.54) is 0 Å². The Kier molecular flexibility index (Phi) is 4.39. The molecule has 1 atom stereocenters. The highest BCUT2D eigenvalue weighted by Crippen LogP contribution is 2.40. The minimum absolute atomic E-state index is 0.0312. The number of imidazole rings is 1. The Balaban J connectivity index is 1.39. The van der Waals surface area contributed by atoms with Gasteiger partial charge in [0.15, 0.2) is 6.10 Å². The van der Waals surface area contributed by atoms with Crippen molar-refractivity contribution in [3.8, 4) is 0 Å². The highest BCUT2D eigenvalue weighted by molar-refractivity contribution is 6.07. The van der Waals surface area contributed by atoms with Crippen LogP contribution >= 0.6 is 0 Å². The number of likely N-dealkylation sites (N-methyl/N-ethyl adjacent to an activating group) is 1. The predicted octanol–water partition coefficient (Wildman–Crippen LogP) is 1.65. The van der Waals surface area contributed by atoms with Crippen LogP contribution in [-0.2, 0) is 28.7 Å². The third kappa shape index (κ3) is 2.82. The van der Waals surface area contributed by atoms with Crippen LogP contribution < -0.4 is 5.32 Å².